The number of hydrogen-bond donors (Lipinski definition) is 1. The van der Waals surface area contributed by atoms with Gasteiger partial charge < -0.3 is 4.74 Å². The number of hydrogen-bond acceptors (Lipinski definition) is 4. The van der Waals surface area contributed by atoms with Crippen LogP contribution >= 0.6 is 0 Å². The molecular weight excluding hydrogens is 256 g/mol. The van der Waals surface area contributed by atoms with Crippen molar-refractivity contribution >= 4 is 5.97 Å². The van der Waals surface area contributed by atoms with Gasteiger partial charge in [-0.15, -0.1) is 0 Å². The molecule has 0 atom stereocenters. The first-order valence-electron chi connectivity index (χ1n) is 5.59. The Morgan fingerprint density at radius 1 is 1.42 bits per heavy atom. The number of carbonyl (C=O) groups excluding carboxylic acids is 1. The first kappa shape index (κ1) is 13.1. The first-order chi connectivity index (χ1) is 9.04. The molecule has 100 valence electrons. The molecule has 0 saturated heterocycles. The molecule has 1 aromatic heterocycles. The Bertz CT molecular complexity index is 625. The van der Waals surface area contributed by atoms with E-state index in [2.05, 4.69) is 15.2 Å². The molecule has 0 fully saturated rings. The van der Waals surface area contributed by atoms with E-state index in [4.69, 9.17) is 4.74 Å². The van der Waals surface area contributed by atoms with Gasteiger partial charge in [0.2, 0.25) is 5.82 Å². The number of rotatable bonds is 3. The summed E-state index contributed by atoms with van der Waals surface area (Å²) in [6.07, 6.45) is 0. The predicted molar refractivity (Wildman–Crippen MR) is 62.4 cm³/mol. The number of esters is 1. The van der Waals surface area contributed by atoms with Crippen LogP contribution in [0.3, 0.4) is 0 Å². The van der Waals surface area contributed by atoms with E-state index in [1.54, 1.807) is 6.92 Å². The minimum Gasteiger partial charge on any atom is -0.460 e. The summed E-state index contributed by atoms with van der Waals surface area (Å²) in [6.45, 7) is 3.30. The van der Waals surface area contributed by atoms with Gasteiger partial charge in [0.1, 0.15) is 11.6 Å². The van der Waals surface area contributed by atoms with Gasteiger partial charge in [-0.3, -0.25) is 5.10 Å². The van der Waals surface area contributed by atoms with Crippen LogP contribution in [-0.2, 0) is 4.74 Å². The number of aryl methyl sites for hydroxylation is 1. The Morgan fingerprint density at radius 3 is 2.84 bits per heavy atom. The van der Waals surface area contributed by atoms with Crippen molar-refractivity contribution in [1.82, 2.24) is 15.2 Å². The quantitative estimate of drug-likeness (QED) is 0.866. The average molecular weight is 267 g/mol. The number of benzene rings is 1. The Balaban J connectivity index is 2.44. The molecule has 0 bridgehead atoms. The molecule has 1 aromatic carbocycles. The molecule has 7 heteroatoms. The fourth-order valence-corrected chi connectivity index (χ4v) is 1.53. The standard InChI is InChI=1S/C12H11F2N3O2/c1-3-19-12(18)11-15-10(16-17-11)8-7(13)5-4-6(2)9(8)14/h4-5H,3H2,1-2H3,(H,15,16,17). The Kier molecular flexibility index (Phi) is 3.55. The van der Waals surface area contributed by atoms with Gasteiger partial charge in [0.05, 0.1) is 12.2 Å². The third kappa shape index (κ3) is 2.44. The molecule has 0 spiro atoms. The lowest BCUT2D eigenvalue weighted by molar-refractivity contribution is 0.0512. The second-order valence-electron chi connectivity index (χ2n) is 3.78. The smallest absolute Gasteiger partial charge is 0.375 e. The maximum Gasteiger partial charge on any atom is 0.375 e. The lowest BCUT2D eigenvalue weighted by Crippen LogP contribution is -2.06. The molecule has 0 aliphatic carbocycles. The van der Waals surface area contributed by atoms with Gasteiger partial charge in [0.15, 0.2) is 5.82 Å². The highest BCUT2D eigenvalue weighted by Crippen LogP contribution is 2.25. The van der Waals surface area contributed by atoms with E-state index in [9.17, 15) is 13.6 Å². The zero-order chi connectivity index (χ0) is 14.0. The fraction of sp³-hybridized carbons (Fsp3) is 0.250. The number of aromatic amines is 1. The van der Waals surface area contributed by atoms with Crippen molar-refractivity contribution < 1.29 is 18.3 Å². The topological polar surface area (TPSA) is 67.9 Å². The van der Waals surface area contributed by atoms with Gasteiger partial charge in [0.25, 0.3) is 0 Å². The van der Waals surface area contributed by atoms with Crippen molar-refractivity contribution in [2.45, 2.75) is 13.8 Å². The lowest BCUT2D eigenvalue weighted by atomic mass is 10.1. The summed E-state index contributed by atoms with van der Waals surface area (Å²) < 4.78 is 32.2. The van der Waals surface area contributed by atoms with Crippen LogP contribution < -0.4 is 0 Å². The summed E-state index contributed by atoms with van der Waals surface area (Å²) in [5.41, 5.74) is -0.106. The lowest BCUT2D eigenvalue weighted by Gasteiger charge is -2.02. The van der Waals surface area contributed by atoms with Gasteiger partial charge in [0, 0.05) is 0 Å². The molecule has 0 amide bonds. The van der Waals surface area contributed by atoms with Crippen LogP contribution in [-0.4, -0.2) is 27.8 Å². The molecule has 0 radical (unpaired) electrons. The normalized spacial score (nSPS) is 10.5. The maximum absolute atomic E-state index is 13.9. The molecule has 0 saturated carbocycles. The van der Waals surface area contributed by atoms with Gasteiger partial charge in [-0.25, -0.2) is 18.6 Å². The van der Waals surface area contributed by atoms with E-state index < -0.39 is 17.6 Å². The van der Waals surface area contributed by atoms with Crippen LogP contribution in [0.5, 0.6) is 0 Å². The number of nitrogens with zero attached hydrogens (tertiary/aromatic N) is 2. The first-order valence-corrected chi connectivity index (χ1v) is 5.59. The van der Waals surface area contributed by atoms with Crippen LogP contribution in [0.1, 0.15) is 23.1 Å². The van der Waals surface area contributed by atoms with E-state index in [0.717, 1.165) is 6.07 Å². The Hall–Kier alpha value is -2.31. The molecule has 19 heavy (non-hydrogen) atoms. The molecule has 2 rings (SSSR count). The Labute approximate surface area is 107 Å². The average Bonchev–Trinajstić information content (AvgIpc) is 2.84. The van der Waals surface area contributed by atoms with Crippen LogP contribution in [0.15, 0.2) is 12.1 Å². The van der Waals surface area contributed by atoms with Gasteiger partial charge in [-0.2, -0.15) is 5.10 Å². The van der Waals surface area contributed by atoms with E-state index >= 15 is 0 Å². The predicted octanol–water partition coefficient (Wildman–Crippen LogP) is 2.24. The number of ether oxygens (including phenoxy) is 1. The van der Waals surface area contributed by atoms with E-state index in [0.29, 0.717) is 0 Å². The summed E-state index contributed by atoms with van der Waals surface area (Å²) in [6, 6.07) is 2.43. The molecule has 1 N–H and O–H groups in total. The summed E-state index contributed by atoms with van der Waals surface area (Å²) in [5, 5.41) is 5.93. The molecule has 1 heterocycles. The highest BCUT2D eigenvalue weighted by Gasteiger charge is 2.20. The number of carbonyl (C=O) groups is 1. The van der Waals surface area contributed by atoms with Crippen molar-refractivity contribution in [1.29, 1.82) is 0 Å². The Morgan fingerprint density at radius 2 is 2.16 bits per heavy atom. The zero-order valence-electron chi connectivity index (χ0n) is 10.3. The van der Waals surface area contributed by atoms with Gasteiger partial charge in [-0.05, 0) is 25.5 Å². The highest BCUT2D eigenvalue weighted by atomic mass is 19.1. The minimum absolute atomic E-state index is 0.169. The van der Waals surface area contributed by atoms with Crippen LogP contribution in [0.2, 0.25) is 0 Å². The van der Waals surface area contributed by atoms with Crippen LogP contribution in [0.4, 0.5) is 8.78 Å². The highest BCUT2D eigenvalue weighted by molar-refractivity contribution is 5.85. The number of H-pyrrole nitrogens is 1. The third-order valence-corrected chi connectivity index (χ3v) is 2.46. The minimum atomic E-state index is -0.794. The number of aromatic nitrogens is 3. The van der Waals surface area contributed by atoms with Crippen LogP contribution in [0, 0.1) is 18.6 Å². The van der Waals surface area contributed by atoms with Crippen molar-refractivity contribution in [3.8, 4) is 11.4 Å². The van der Waals surface area contributed by atoms with Crippen molar-refractivity contribution in [3.05, 3.63) is 35.2 Å². The van der Waals surface area contributed by atoms with E-state index in [-0.39, 0.29) is 29.4 Å². The molecular formula is C12H11F2N3O2. The van der Waals surface area contributed by atoms with Crippen molar-refractivity contribution in [2.75, 3.05) is 6.61 Å². The second-order valence-corrected chi connectivity index (χ2v) is 3.78. The van der Waals surface area contributed by atoms with E-state index in [1.165, 1.54) is 13.0 Å². The number of halogens is 2. The molecule has 2 aromatic rings. The summed E-state index contributed by atoms with van der Waals surface area (Å²) in [5.74, 6) is -2.69. The van der Waals surface area contributed by atoms with Gasteiger partial charge in [-0.1, -0.05) is 6.07 Å². The molecule has 0 aliphatic heterocycles. The zero-order valence-corrected chi connectivity index (χ0v) is 10.3. The maximum atomic E-state index is 13.9. The summed E-state index contributed by atoms with van der Waals surface area (Å²) in [7, 11) is 0. The molecule has 0 unspecified atom stereocenters. The molecule has 5 nitrogen and oxygen atoms in total. The summed E-state index contributed by atoms with van der Waals surface area (Å²) >= 11 is 0. The van der Waals surface area contributed by atoms with Crippen molar-refractivity contribution in [2.24, 2.45) is 0 Å². The third-order valence-electron chi connectivity index (χ3n) is 2.46. The SMILES string of the molecule is CCOC(=O)c1nc(-c2c(F)ccc(C)c2F)n[nH]1. The molecule has 0 aliphatic rings. The van der Waals surface area contributed by atoms with E-state index in [1.807, 2.05) is 0 Å². The largest absolute Gasteiger partial charge is 0.460 e. The number of nitrogens with one attached hydrogen (secondary N) is 1. The van der Waals surface area contributed by atoms with Crippen molar-refractivity contribution in [3.63, 3.8) is 0 Å². The van der Waals surface area contributed by atoms with Gasteiger partial charge >= 0.3 is 5.97 Å². The summed E-state index contributed by atoms with van der Waals surface area (Å²) in [4.78, 5) is 15.1. The second kappa shape index (κ2) is 5.13. The fourth-order valence-electron chi connectivity index (χ4n) is 1.53. The van der Waals surface area contributed by atoms with Crippen LogP contribution in [0.25, 0.3) is 11.4 Å². The monoisotopic (exact) mass is 267 g/mol.